The van der Waals surface area contributed by atoms with Crippen molar-refractivity contribution in [3.8, 4) is 22.3 Å². The molecule has 1 aliphatic heterocycles. The van der Waals surface area contributed by atoms with Gasteiger partial charge < -0.3 is 29.1 Å². The van der Waals surface area contributed by atoms with Gasteiger partial charge in [0.1, 0.15) is 5.82 Å². The maximum absolute atomic E-state index is 11.3. The van der Waals surface area contributed by atoms with E-state index in [2.05, 4.69) is 35.4 Å². The Morgan fingerprint density at radius 1 is 0.722 bits per heavy atom. The topological polar surface area (TPSA) is 159 Å². The van der Waals surface area contributed by atoms with Crippen LogP contribution in [-0.2, 0) is 26.8 Å². The molecule has 2 heterocycles. The zero-order chi connectivity index (χ0) is 39.1. The van der Waals surface area contributed by atoms with Gasteiger partial charge in [-0.2, -0.15) is 4.57 Å². The molecule has 0 saturated heterocycles. The maximum Gasteiger partial charge on any atom is 0.377 e. The predicted molar refractivity (Wildman–Crippen MR) is 216 cm³/mol. The Hall–Kier alpha value is -4.53. The molecule has 0 amide bonds. The van der Waals surface area contributed by atoms with Gasteiger partial charge in [-0.05, 0) is 72.8 Å². The van der Waals surface area contributed by atoms with Gasteiger partial charge in [0.25, 0.3) is 5.52 Å². The standard InChI is InChI=1S/C35H35N3O7S2.C4H11N.C2H6/c39-46(40,41)21-9-7-19-37-31-23-28(26-11-3-1-4-12-26)15-17-30(31)36-34(37)25-35-38(20-8-10-22-47(42,43)44)32-24-29(16-18-33(32)45-35)27-13-5-2-6-14-27;1-3-5-4-2;1-2/h1-6,11-18,23-25H,7-10,19-22H2,(H2,39,40,41,42,43,44);5H,3-4H2,1-2H3;1-2H3/p-1. The number of rotatable bonds is 15. The van der Waals surface area contributed by atoms with Crippen LogP contribution in [0.15, 0.2) is 107 Å². The number of hydrogen-bond donors (Lipinski definition) is 2. The average Bonchev–Trinajstić information content (AvgIpc) is 3.69. The fourth-order valence-corrected chi connectivity index (χ4v) is 7.19. The van der Waals surface area contributed by atoms with Crippen molar-refractivity contribution >= 4 is 48.8 Å². The third-order valence-electron chi connectivity index (χ3n) is 8.60. The minimum absolute atomic E-state index is 0.209. The first-order chi connectivity index (χ1) is 26.0. The molecule has 0 atom stereocenters. The molecule has 0 bridgehead atoms. The van der Waals surface area contributed by atoms with Crippen LogP contribution in [-0.4, -0.2) is 57.1 Å². The van der Waals surface area contributed by atoms with E-state index in [1.807, 2.05) is 115 Å². The molecular weight excluding hydrogens is 725 g/mol. The Morgan fingerprint density at radius 3 is 1.83 bits per heavy atom. The number of unbranched alkanes of at least 4 members (excludes halogenated alkanes) is 2. The first-order valence-electron chi connectivity index (χ1n) is 18.5. The number of nitrogens with zero attached hydrogens (tertiary/aromatic N) is 2. The lowest BCUT2D eigenvalue weighted by Crippen LogP contribution is -2.36. The lowest BCUT2D eigenvalue weighted by Gasteiger charge is -2.20. The van der Waals surface area contributed by atoms with Crippen LogP contribution in [0, 0.1) is 0 Å². The third-order valence-corrected chi connectivity index (χ3v) is 10.2. The highest BCUT2D eigenvalue weighted by molar-refractivity contribution is 7.85. The summed E-state index contributed by atoms with van der Waals surface area (Å²) in [5, 5.41) is 6.59. The van der Waals surface area contributed by atoms with Crippen LogP contribution in [0.5, 0.6) is 0 Å². The molecule has 5 aromatic rings. The molecule has 2 N–H and O–H groups in total. The summed E-state index contributed by atoms with van der Waals surface area (Å²) in [5.74, 6) is 0.341. The van der Waals surface area contributed by atoms with Gasteiger partial charge in [0.05, 0.1) is 37.7 Å². The van der Waals surface area contributed by atoms with Gasteiger partial charge in [0.2, 0.25) is 5.58 Å². The zero-order valence-electron chi connectivity index (χ0n) is 31.5. The van der Waals surface area contributed by atoms with Gasteiger partial charge in [-0.25, -0.2) is 16.8 Å². The third kappa shape index (κ3) is 12.3. The lowest BCUT2D eigenvalue weighted by atomic mass is 10.0. The van der Waals surface area contributed by atoms with E-state index in [9.17, 15) is 25.9 Å². The molecule has 11 nitrogen and oxygen atoms in total. The van der Waals surface area contributed by atoms with Crippen molar-refractivity contribution in [2.45, 2.75) is 59.9 Å². The zero-order valence-corrected chi connectivity index (χ0v) is 33.1. The molecule has 4 aromatic carbocycles. The minimum atomic E-state index is -4.33. The van der Waals surface area contributed by atoms with E-state index in [1.54, 1.807) is 0 Å². The predicted octanol–water partition coefficient (Wildman–Crippen LogP) is 7.58. The van der Waals surface area contributed by atoms with Gasteiger partial charge in [0, 0.05) is 30.5 Å². The van der Waals surface area contributed by atoms with E-state index in [4.69, 9.17) is 4.42 Å². The monoisotopic (exact) mass is 775 g/mol. The van der Waals surface area contributed by atoms with Crippen molar-refractivity contribution < 1.29 is 34.9 Å². The number of aromatic nitrogens is 1. The van der Waals surface area contributed by atoms with E-state index < -0.39 is 31.7 Å². The number of hydrogen-bond acceptors (Lipinski definition) is 10. The smallest absolute Gasteiger partial charge is 0.377 e. The highest BCUT2D eigenvalue weighted by Crippen LogP contribution is 2.40. The summed E-state index contributed by atoms with van der Waals surface area (Å²) in [5.41, 5.74) is 7.31. The minimum Gasteiger partial charge on any atom is -0.748 e. The molecule has 0 aliphatic carbocycles. The molecule has 13 heteroatoms. The number of aryl methyl sites for hydroxylation is 1. The largest absolute Gasteiger partial charge is 0.748 e. The summed E-state index contributed by atoms with van der Waals surface area (Å²) in [6.07, 6.45) is 3.20. The summed E-state index contributed by atoms with van der Waals surface area (Å²) in [7, 11) is -8.65. The van der Waals surface area contributed by atoms with Gasteiger partial charge in [-0.1, -0.05) is 100 Å². The van der Waals surface area contributed by atoms with E-state index in [0.717, 1.165) is 52.2 Å². The Morgan fingerprint density at radius 2 is 1.28 bits per heavy atom. The second-order valence-corrected chi connectivity index (χ2v) is 15.5. The highest BCUT2D eigenvalue weighted by Gasteiger charge is 2.28. The fourth-order valence-electron chi connectivity index (χ4n) is 6.07. The van der Waals surface area contributed by atoms with Gasteiger partial charge in [-0.3, -0.25) is 0 Å². The summed E-state index contributed by atoms with van der Waals surface area (Å²) in [6, 6.07) is 31.9. The lowest BCUT2D eigenvalue weighted by molar-refractivity contribution is -0.678. The Balaban J connectivity index is 0.000000858. The van der Waals surface area contributed by atoms with Crippen molar-refractivity contribution in [1.82, 2.24) is 5.32 Å². The van der Waals surface area contributed by atoms with Crippen molar-refractivity contribution in [1.29, 1.82) is 0 Å². The number of fused-ring (bicyclic) bond motifs is 2. The van der Waals surface area contributed by atoms with Crippen LogP contribution >= 0.6 is 0 Å². The number of anilines is 2. The second kappa shape index (κ2) is 20.2. The number of oxazole rings is 1. The molecule has 0 fully saturated rings. The highest BCUT2D eigenvalue weighted by atomic mass is 32.2. The maximum atomic E-state index is 11.3. The van der Waals surface area contributed by atoms with Gasteiger partial charge in [0.15, 0.2) is 6.54 Å². The van der Waals surface area contributed by atoms with E-state index in [0.29, 0.717) is 43.2 Å². The van der Waals surface area contributed by atoms with E-state index >= 15 is 0 Å². The van der Waals surface area contributed by atoms with Crippen LogP contribution in [0.2, 0.25) is 0 Å². The van der Waals surface area contributed by atoms with Crippen LogP contribution in [0.4, 0.5) is 11.4 Å². The van der Waals surface area contributed by atoms with E-state index in [1.165, 1.54) is 0 Å². The van der Waals surface area contributed by atoms with Crippen LogP contribution in [0.25, 0.3) is 39.4 Å². The molecule has 54 heavy (non-hydrogen) atoms. The second-order valence-electron chi connectivity index (χ2n) is 12.4. The van der Waals surface area contributed by atoms with Gasteiger partial charge >= 0.3 is 5.89 Å². The molecular formula is C41H51N4O7S2-. The molecule has 0 radical (unpaired) electrons. The molecule has 0 unspecified atom stereocenters. The Bertz CT molecular complexity index is 2190. The van der Waals surface area contributed by atoms with Crippen LogP contribution in [0.1, 0.15) is 59.3 Å². The molecule has 1 aliphatic rings. The van der Waals surface area contributed by atoms with Crippen molar-refractivity contribution in [3.05, 3.63) is 109 Å². The number of benzene rings is 4. The summed E-state index contributed by atoms with van der Waals surface area (Å²) in [6.45, 7) is 11.2. The quantitative estimate of drug-likeness (QED) is 0.0617. The van der Waals surface area contributed by atoms with Gasteiger partial charge in [-0.15, -0.1) is 0 Å². The SMILES string of the molecule is CC.CCNCC.O=S(=O)([O-])CCCCN1C(=Cc2oc3ccc(-c4ccccc4)cc3[n+]2CCCCS(=O)(=O)[O-])Nc2ccc(-c3ccccc3)cc21. The fraction of sp³-hybridized carbons (Fsp3) is 0.341. The first kappa shape index (κ1) is 42.2. The van der Waals surface area contributed by atoms with Crippen LogP contribution < -0.4 is 20.1 Å². The number of nitrogens with one attached hydrogen (secondary N) is 2. The molecule has 1 aromatic heterocycles. The van der Waals surface area contributed by atoms with E-state index in [-0.39, 0.29) is 12.8 Å². The van der Waals surface area contributed by atoms with Crippen LogP contribution in [0.3, 0.4) is 0 Å². The Labute approximate surface area is 320 Å². The van der Waals surface area contributed by atoms with Crippen molar-refractivity contribution in [2.75, 3.05) is 41.4 Å². The molecule has 0 spiro atoms. The Kier molecular flexibility index (Phi) is 15.8. The summed E-state index contributed by atoms with van der Waals surface area (Å²) in [4.78, 5) is 2.05. The van der Waals surface area contributed by atoms with Crippen molar-refractivity contribution in [2.24, 2.45) is 0 Å². The molecule has 290 valence electrons. The summed E-state index contributed by atoms with van der Waals surface area (Å²) < 4.78 is 76.0. The van der Waals surface area contributed by atoms with Crippen molar-refractivity contribution in [3.63, 3.8) is 0 Å². The molecule has 6 rings (SSSR count). The first-order valence-corrected chi connectivity index (χ1v) is 21.7. The molecule has 0 saturated carbocycles. The normalized spacial score (nSPS) is 13.1. The average molecular weight is 776 g/mol. The summed E-state index contributed by atoms with van der Waals surface area (Å²) >= 11 is 0.